The van der Waals surface area contributed by atoms with Crippen molar-refractivity contribution < 1.29 is 10.0 Å². The highest BCUT2D eigenvalue weighted by Crippen LogP contribution is 2.16. The van der Waals surface area contributed by atoms with Gasteiger partial charge in [0.15, 0.2) is 5.84 Å². The van der Waals surface area contributed by atoms with Gasteiger partial charge in [0, 0.05) is 14.7 Å². The maximum Gasteiger partial charge on any atom is 0.255 e. The molecule has 20 heavy (non-hydrogen) atoms. The van der Waals surface area contributed by atoms with Gasteiger partial charge in [-0.15, -0.1) is 0 Å². The van der Waals surface area contributed by atoms with Crippen LogP contribution in [-0.2, 0) is 0 Å². The number of nitrogens with two attached hydrogens (primary N) is 1. The van der Waals surface area contributed by atoms with Gasteiger partial charge in [-0.3, -0.25) is 4.79 Å². The molecule has 4 N–H and O–H groups in total. The molecule has 0 bridgehead atoms. The molecule has 2 rings (SSSR count). The molecule has 0 unspecified atom stereocenters. The summed E-state index contributed by atoms with van der Waals surface area (Å²) in [6, 6.07) is 14.0. The number of amides is 1. The zero-order chi connectivity index (χ0) is 14.5. The van der Waals surface area contributed by atoms with Crippen molar-refractivity contribution in [2.75, 3.05) is 5.32 Å². The lowest BCUT2D eigenvalue weighted by molar-refractivity contribution is 0.102. The maximum atomic E-state index is 12.1. The normalized spacial score (nSPS) is 11.2. The third-order valence-electron chi connectivity index (χ3n) is 2.67. The number of carbonyl (C=O) groups is 1. The fourth-order valence-electron chi connectivity index (χ4n) is 1.67. The molecule has 1 amide bonds. The molecule has 0 aliphatic rings. The predicted molar refractivity (Wildman–Crippen MR) is 86.1 cm³/mol. The summed E-state index contributed by atoms with van der Waals surface area (Å²) >= 11 is 2.17. The van der Waals surface area contributed by atoms with Crippen LogP contribution in [0.5, 0.6) is 0 Å². The first-order valence-electron chi connectivity index (χ1n) is 5.75. The molecule has 2 aromatic rings. The molecule has 0 radical (unpaired) electrons. The Morgan fingerprint density at radius 2 is 1.80 bits per heavy atom. The van der Waals surface area contributed by atoms with Gasteiger partial charge in [-0.2, -0.15) is 0 Å². The molecule has 5 nitrogen and oxygen atoms in total. The summed E-state index contributed by atoms with van der Waals surface area (Å²) in [6.45, 7) is 0. The van der Waals surface area contributed by atoms with Crippen molar-refractivity contribution in [2.45, 2.75) is 0 Å². The molecule has 0 heterocycles. The first-order chi connectivity index (χ1) is 9.61. The van der Waals surface area contributed by atoms with E-state index >= 15 is 0 Å². The SMILES string of the molecule is N/C(=N/O)c1ccccc1NC(=O)c1ccc(I)cc1. The van der Waals surface area contributed by atoms with Crippen molar-refractivity contribution in [2.24, 2.45) is 10.9 Å². The van der Waals surface area contributed by atoms with Crippen molar-refractivity contribution in [3.05, 3.63) is 63.2 Å². The molecule has 0 aliphatic heterocycles. The summed E-state index contributed by atoms with van der Waals surface area (Å²) < 4.78 is 1.05. The van der Waals surface area contributed by atoms with E-state index in [4.69, 9.17) is 10.9 Å². The van der Waals surface area contributed by atoms with E-state index in [2.05, 4.69) is 33.1 Å². The van der Waals surface area contributed by atoms with Crippen LogP contribution in [0.4, 0.5) is 5.69 Å². The molecule has 0 aromatic heterocycles. The highest BCUT2D eigenvalue weighted by atomic mass is 127. The maximum absolute atomic E-state index is 12.1. The summed E-state index contributed by atoms with van der Waals surface area (Å²) in [5.41, 5.74) is 7.08. The van der Waals surface area contributed by atoms with E-state index < -0.39 is 0 Å². The number of nitrogens with one attached hydrogen (secondary N) is 1. The standard InChI is InChI=1S/C14H12IN3O2/c15-10-7-5-9(6-8-10)14(19)17-12-4-2-1-3-11(12)13(16)18-20/h1-8,20H,(H2,16,18)(H,17,19). The van der Waals surface area contributed by atoms with Gasteiger partial charge in [0.1, 0.15) is 0 Å². The van der Waals surface area contributed by atoms with Gasteiger partial charge in [-0.1, -0.05) is 17.3 Å². The Hall–Kier alpha value is -2.09. The second kappa shape index (κ2) is 6.38. The Balaban J connectivity index is 2.26. The summed E-state index contributed by atoms with van der Waals surface area (Å²) in [7, 11) is 0. The number of para-hydroxylation sites is 1. The number of oxime groups is 1. The molecule has 0 saturated heterocycles. The van der Waals surface area contributed by atoms with Gasteiger partial charge in [-0.05, 0) is 59.0 Å². The summed E-state index contributed by atoms with van der Waals surface area (Å²) in [5, 5.41) is 14.4. The van der Waals surface area contributed by atoms with Crippen LogP contribution < -0.4 is 11.1 Å². The highest BCUT2D eigenvalue weighted by molar-refractivity contribution is 14.1. The van der Waals surface area contributed by atoms with Crippen LogP contribution >= 0.6 is 22.6 Å². The van der Waals surface area contributed by atoms with Crippen LogP contribution in [0.15, 0.2) is 53.7 Å². The number of hydrogen-bond acceptors (Lipinski definition) is 3. The first kappa shape index (κ1) is 14.3. The van der Waals surface area contributed by atoms with Gasteiger partial charge >= 0.3 is 0 Å². The van der Waals surface area contributed by atoms with Crippen molar-refractivity contribution in [1.82, 2.24) is 0 Å². The average molecular weight is 381 g/mol. The smallest absolute Gasteiger partial charge is 0.255 e. The Labute approximate surface area is 129 Å². The first-order valence-corrected chi connectivity index (χ1v) is 6.83. The quantitative estimate of drug-likeness (QED) is 0.251. The number of carbonyl (C=O) groups excluding carboxylic acids is 1. The monoisotopic (exact) mass is 381 g/mol. The number of halogens is 1. The second-order valence-corrected chi connectivity index (χ2v) is 5.24. The number of hydrogen-bond donors (Lipinski definition) is 3. The number of amidine groups is 1. The average Bonchev–Trinajstić information content (AvgIpc) is 2.47. The molecule has 0 atom stereocenters. The highest BCUT2D eigenvalue weighted by Gasteiger charge is 2.11. The van der Waals surface area contributed by atoms with E-state index in [0.29, 0.717) is 16.8 Å². The summed E-state index contributed by atoms with van der Waals surface area (Å²) in [4.78, 5) is 12.1. The molecular weight excluding hydrogens is 369 g/mol. The van der Waals surface area contributed by atoms with E-state index in [1.807, 2.05) is 12.1 Å². The van der Waals surface area contributed by atoms with E-state index in [0.717, 1.165) is 3.57 Å². The summed E-state index contributed by atoms with van der Waals surface area (Å²) in [5.74, 6) is -0.303. The Morgan fingerprint density at radius 1 is 1.15 bits per heavy atom. The molecule has 0 saturated carbocycles. The minimum Gasteiger partial charge on any atom is -0.409 e. The van der Waals surface area contributed by atoms with E-state index in [1.165, 1.54) is 0 Å². The minimum absolute atomic E-state index is 0.0523. The number of nitrogens with zero attached hydrogens (tertiary/aromatic N) is 1. The molecule has 0 spiro atoms. The van der Waals surface area contributed by atoms with Crippen molar-refractivity contribution >= 4 is 40.0 Å². The number of anilines is 1. The van der Waals surface area contributed by atoms with Gasteiger partial charge in [0.05, 0.1) is 5.69 Å². The topological polar surface area (TPSA) is 87.7 Å². The van der Waals surface area contributed by atoms with E-state index in [9.17, 15) is 4.79 Å². The largest absolute Gasteiger partial charge is 0.409 e. The lowest BCUT2D eigenvalue weighted by atomic mass is 10.1. The Kier molecular flexibility index (Phi) is 4.57. The third kappa shape index (κ3) is 3.27. The fourth-order valence-corrected chi connectivity index (χ4v) is 2.02. The summed E-state index contributed by atoms with van der Waals surface area (Å²) in [6.07, 6.45) is 0. The van der Waals surface area contributed by atoms with E-state index in [-0.39, 0.29) is 11.7 Å². The predicted octanol–water partition coefficient (Wildman–Crippen LogP) is 2.64. The number of rotatable bonds is 3. The lowest BCUT2D eigenvalue weighted by Gasteiger charge is -2.10. The van der Waals surface area contributed by atoms with Crippen LogP contribution in [-0.4, -0.2) is 17.0 Å². The van der Waals surface area contributed by atoms with Crippen molar-refractivity contribution in [3.63, 3.8) is 0 Å². The van der Waals surface area contributed by atoms with Crippen LogP contribution in [0, 0.1) is 3.57 Å². The van der Waals surface area contributed by atoms with Gasteiger partial charge < -0.3 is 16.3 Å². The number of benzene rings is 2. The molecule has 0 aliphatic carbocycles. The minimum atomic E-state index is -0.250. The zero-order valence-electron chi connectivity index (χ0n) is 10.4. The van der Waals surface area contributed by atoms with Crippen molar-refractivity contribution in [3.8, 4) is 0 Å². The van der Waals surface area contributed by atoms with Gasteiger partial charge in [0.25, 0.3) is 5.91 Å². The van der Waals surface area contributed by atoms with Gasteiger partial charge in [-0.25, -0.2) is 0 Å². The van der Waals surface area contributed by atoms with E-state index in [1.54, 1.807) is 36.4 Å². The van der Waals surface area contributed by atoms with Crippen LogP contribution in [0.25, 0.3) is 0 Å². The Bertz CT molecular complexity index is 654. The Morgan fingerprint density at radius 3 is 2.45 bits per heavy atom. The van der Waals surface area contributed by atoms with Gasteiger partial charge in [0.2, 0.25) is 0 Å². The lowest BCUT2D eigenvalue weighted by Crippen LogP contribution is -2.19. The molecule has 0 fully saturated rings. The molecule has 2 aromatic carbocycles. The second-order valence-electron chi connectivity index (χ2n) is 3.99. The molecular formula is C14H12IN3O2. The van der Waals surface area contributed by atoms with Crippen LogP contribution in [0.1, 0.15) is 15.9 Å². The van der Waals surface area contributed by atoms with Crippen molar-refractivity contribution in [1.29, 1.82) is 0 Å². The van der Waals surface area contributed by atoms with Crippen LogP contribution in [0.3, 0.4) is 0 Å². The van der Waals surface area contributed by atoms with Crippen LogP contribution in [0.2, 0.25) is 0 Å². The fraction of sp³-hybridized carbons (Fsp3) is 0. The molecule has 6 heteroatoms. The zero-order valence-corrected chi connectivity index (χ0v) is 12.5. The third-order valence-corrected chi connectivity index (χ3v) is 3.38. The molecule has 102 valence electrons.